The van der Waals surface area contributed by atoms with Crippen LogP contribution in [0.3, 0.4) is 0 Å². The van der Waals surface area contributed by atoms with Crippen LogP contribution in [-0.4, -0.2) is 46.3 Å². The summed E-state index contributed by atoms with van der Waals surface area (Å²) in [4.78, 5) is 12.8. The zero-order valence-corrected chi connectivity index (χ0v) is 10.1. The fourth-order valence-electron chi connectivity index (χ4n) is 2.30. The molecule has 2 N–H and O–H groups in total. The average molecular weight is 229 g/mol. The molecule has 1 aliphatic rings. The third-order valence-corrected chi connectivity index (χ3v) is 3.22. The lowest BCUT2D eigenvalue weighted by Crippen LogP contribution is -2.36. The first-order chi connectivity index (χ1) is 7.65. The van der Waals surface area contributed by atoms with Crippen molar-refractivity contribution in [2.24, 2.45) is 0 Å². The van der Waals surface area contributed by atoms with E-state index in [0.29, 0.717) is 13.0 Å². The molecule has 0 aromatic heterocycles. The molecule has 0 bridgehead atoms. The number of aliphatic hydroxyl groups is 1. The maximum absolute atomic E-state index is 10.9. The number of aliphatic hydroxyl groups excluding tert-OH is 1. The van der Waals surface area contributed by atoms with Crippen LogP contribution in [0.5, 0.6) is 0 Å². The van der Waals surface area contributed by atoms with Gasteiger partial charge in [-0.1, -0.05) is 32.6 Å². The fourth-order valence-corrected chi connectivity index (χ4v) is 2.30. The van der Waals surface area contributed by atoms with Crippen LogP contribution in [0.15, 0.2) is 0 Å². The summed E-state index contributed by atoms with van der Waals surface area (Å²) in [6, 6.07) is -0.471. The number of unbranched alkanes of at least 4 members (excludes halogenated alkanes) is 4. The third-order valence-electron chi connectivity index (χ3n) is 3.22. The molecule has 94 valence electrons. The highest BCUT2D eigenvalue weighted by atomic mass is 16.4. The minimum absolute atomic E-state index is 0.379. The van der Waals surface area contributed by atoms with Crippen molar-refractivity contribution in [1.29, 1.82) is 0 Å². The Hall–Kier alpha value is -0.610. The van der Waals surface area contributed by atoms with Crippen LogP contribution in [0, 0.1) is 0 Å². The Bertz CT molecular complexity index is 220. The molecule has 4 nitrogen and oxygen atoms in total. The summed E-state index contributed by atoms with van der Waals surface area (Å²) in [6.45, 7) is 3.50. The van der Waals surface area contributed by atoms with E-state index in [-0.39, 0.29) is 0 Å². The first-order valence-electron chi connectivity index (χ1n) is 6.30. The van der Waals surface area contributed by atoms with Crippen LogP contribution in [0.1, 0.15) is 45.4 Å². The highest BCUT2D eigenvalue weighted by Gasteiger charge is 2.35. The first-order valence-corrected chi connectivity index (χ1v) is 6.30. The highest BCUT2D eigenvalue weighted by molar-refractivity contribution is 5.74. The minimum Gasteiger partial charge on any atom is -0.480 e. The molecule has 2 unspecified atom stereocenters. The molecule has 0 aromatic rings. The van der Waals surface area contributed by atoms with E-state index in [9.17, 15) is 9.90 Å². The van der Waals surface area contributed by atoms with Gasteiger partial charge in [0, 0.05) is 13.0 Å². The molecule has 0 aromatic carbocycles. The van der Waals surface area contributed by atoms with Crippen molar-refractivity contribution in [3.63, 3.8) is 0 Å². The van der Waals surface area contributed by atoms with Crippen LogP contribution < -0.4 is 0 Å². The van der Waals surface area contributed by atoms with Crippen LogP contribution in [0.25, 0.3) is 0 Å². The van der Waals surface area contributed by atoms with Crippen LogP contribution in [0.4, 0.5) is 0 Å². The Balaban J connectivity index is 2.21. The van der Waals surface area contributed by atoms with Crippen LogP contribution in [-0.2, 0) is 4.79 Å². The van der Waals surface area contributed by atoms with Gasteiger partial charge in [0.05, 0.1) is 6.10 Å². The molecule has 2 atom stereocenters. The number of carbonyl (C=O) groups is 1. The normalized spacial score (nSPS) is 26.1. The number of carboxylic acid groups (broad SMARTS) is 1. The van der Waals surface area contributed by atoms with Crippen LogP contribution in [0.2, 0.25) is 0 Å². The van der Waals surface area contributed by atoms with Gasteiger partial charge in [0.25, 0.3) is 0 Å². The zero-order chi connectivity index (χ0) is 12.0. The number of hydrogen-bond donors (Lipinski definition) is 2. The summed E-state index contributed by atoms with van der Waals surface area (Å²) >= 11 is 0. The SMILES string of the molecule is CCCCCCCN1CC(O)CC1C(=O)O. The Morgan fingerprint density at radius 2 is 2.00 bits per heavy atom. The molecule has 1 heterocycles. The predicted molar refractivity (Wildman–Crippen MR) is 62.4 cm³/mol. The lowest BCUT2D eigenvalue weighted by molar-refractivity contribution is -0.142. The maximum Gasteiger partial charge on any atom is 0.321 e. The van der Waals surface area contributed by atoms with E-state index >= 15 is 0 Å². The van der Waals surface area contributed by atoms with Crippen LogP contribution >= 0.6 is 0 Å². The number of nitrogens with zero attached hydrogens (tertiary/aromatic N) is 1. The lowest BCUT2D eigenvalue weighted by atomic mass is 10.1. The molecule has 1 fully saturated rings. The Labute approximate surface area is 97.3 Å². The third kappa shape index (κ3) is 4.10. The highest BCUT2D eigenvalue weighted by Crippen LogP contribution is 2.19. The minimum atomic E-state index is -0.801. The molecular formula is C12H23NO3. The molecule has 0 amide bonds. The van der Waals surface area contributed by atoms with Gasteiger partial charge in [-0.25, -0.2) is 0 Å². The van der Waals surface area contributed by atoms with E-state index in [4.69, 9.17) is 5.11 Å². The molecule has 0 spiro atoms. The van der Waals surface area contributed by atoms with E-state index in [1.54, 1.807) is 0 Å². The predicted octanol–water partition coefficient (Wildman–Crippen LogP) is 1.48. The number of likely N-dealkylation sites (tertiary alicyclic amines) is 1. The molecule has 0 saturated carbocycles. The molecular weight excluding hydrogens is 206 g/mol. The molecule has 0 aliphatic carbocycles. The summed E-state index contributed by atoms with van der Waals surface area (Å²) in [5, 5.41) is 18.4. The summed E-state index contributed by atoms with van der Waals surface area (Å²) in [5.74, 6) is -0.801. The lowest BCUT2D eigenvalue weighted by Gasteiger charge is -2.20. The number of β-amino-alcohol motifs (C(OH)–C–C–N with tert-alkyl or cyclic N) is 1. The van der Waals surface area contributed by atoms with Gasteiger partial charge in [0.1, 0.15) is 6.04 Å². The van der Waals surface area contributed by atoms with Gasteiger partial charge >= 0.3 is 5.97 Å². The molecule has 1 rings (SSSR count). The van der Waals surface area contributed by atoms with Gasteiger partial charge in [0.2, 0.25) is 0 Å². The van der Waals surface area contributed by atoms with Crippen molar-refractivity contribution < 1.29 is 15.0 Å². The van der Waals surface area contributed by atoms with E-state index < -0.39 is 18.1 Å². The average Bonchev–Trinajstić information content (AvgIpc) is 2.59. The second-order valence-electron chi connectivity index (χ2n) is 4.65. The van der Waals surface area contributed by atoms with Crippen molar-refractivity contribution in [2.75, 3.05) is 13.1 Å². The van der Waals surface area contributed by atoms with Gasteiger partial charge in [0.15, 0.2) is 0 Å². The van der Waals surface area contributed by atoms with Gasteiger partial charge < -0.3 is 10.2 Å². The number of hydrogen-bond acceptors (Lipinski definition) is 3. The van der Waals surface area contributed by atoms with E-state index in [2.05, 4.69) is 6.92 Å². The topological polar surface area (TPSA) is 60.8 Å². The van der Waals surface area contributed by atoms with E-state index in [1.165, 1.54) is 19.3 Å². The Morgan fingerprint density at radius 1 is 1.31 bits per heavy atom. The second-order valence-corrected chi connectivity index (χ2v) is 4.65. The van der Waals surface area contributed by atoms with Crippen molar-refractivity contribution in [3.05, 3.63) is 0 Å². The van der Waals surface area contributed by atoms with Gasteiger partial charge in [-0.15, -0.1) is 0 Å². The number of rotatable bonds is 7. The molecule has 1 aliphatic heterocycles. The van der Waals surface area contributed by atoms with Crippen molar-refractivity contribution >= 4 is 5.97 Å². The zero-order valence-electron chi connectivity index (χ0n) is 10.1. The van der Waals surface area contributed by atoms with Crippen molar-refractivity contribution in [1.82, 2.24) is 4.90 Å². The first kappa shape index (κ1) is 13.5. The fraction of sp³-hybridized carbons (Fsp3) is 0.917. The van der Waals surface area contributed by atoms with Crippen molar-refractivity contribution in [2.45, 2.75) is 57.6 Å². The standard InChI is InChI=1S/C12H23NO3/c1-2-3-4-5-6-7-13-9-10(14)8-11(13)12(15)16/h10-11,14H,2-9H2,1H3,(H,15,16). The van der Waals surface area contributed by atoms with E-state index in [1.807, 2.05) is 4.90 Å². The van der Waals surface area contributed by atoms with Gasteiger partial charge in [-0.05, 0) is 13.0 Å². The smallest absolute Gasteiger partial charge is 0.321 e. The summed E-state index contributed by atoms with van der Waals surface area (Å²) in [5.41, 5.74) is 0. The summed E-state index contributed by atoms with van der Waals surface area (Å²) in [6.07, 6.45) is 5.82. The maximum atomic E-state index is 10.9. The molecule has 16 heavy (non-hydrogen) atoms. The van der Waals surface area contributed by atoms with Crippen molar-refractivity contribution in [3.8, 4) is 0 Å². The van der Waals surface area contributed by atoms with Gasteiger partial charge in [-0.2, -0.15) is 0 Å². The molecule has 0 radical (unpaired) electrons. The Morgan fingerprint density at radius 3 is 2.62 bits per heavy atom. The largest absolute Gasteiger partial charge is 0.480 e. The summed E-state index contributed by atoms with van der Waals surface area (Å²) in [7, 11) is 0. The number of aliphatic carboxylic acids is 1. The van der Waals surface area contributed by atoms with E-state index in [0.717, 1.165) is 19.4 Å². The van der Waals surface area contributed by atoms with Gasteiger partial charge in [-0.3, -0.25) is 9.69 Å². The molecule has 1 saturated heterocycles. The number of carboxylic acids is 1. The Kier molecular flexibility index (Phi) is 5.77. The second kappa shape index (κ2) is 6.86. The monoisotopic (exact) mass is 229 g/mol. The quantitative estimate of drug-likeness (QED) is 0.649. The summed E-state index contributed by atoms with van der Waals surface area (Å²) < 4.78 is 0. The molecule has 4 heteroatoms.